The molecule has 9 heteroatoms. The molecule has 2 heterocycles. The second-order valence-electron chi connectivity index (χ2n) is 14.0. The van der Waals surface area contributed by atoms with Gasteiger partial charge in [0.25, 0.3) is 0 Å². The van der Waals surface area contributed by atoms with E-state index in [0.29, 0.717) is 39.2 Å². The largest absolute Gasteiger partial charge is 0.392 e. The summed E-state index contributed by atoms with van der Waals surface area (Å²) < 4.78 is 6.08. The number of aliphatic hydroxyl groups is 1. The molecule has 0 unspecified atom stereocenters. The van der Waals surface area contributed by atoms with Gasteiger partial charge in [-0.25, -0.2) is 0 Å². The Bertz CT molecular complexity index is 1450. The van der Waals surface area contributed by atoms with Crippen LogP contribution in [0.25, 0.3) is 0 Å². The van der Waals surface area contributed by atoms with Crippen LogP contribution in [0.3, 0.4) is 0 Å². The number of aliphatic hydroxyl groups excluding tert-OH is 1. The summed E-state index contributed by atoms with van der Waals surface area (Å²) in [4.78, 5) is 36.3. The molecule has 252 valence electrons. The summed E-state index contributed by atoms with van der Waals surface area (Å²) in [6.07, 6.45) is 4.22. The molecule has 5 rings (SSSR count). The van der Waals surface area contributed by atoms with Gasteiger partial charge >= 0.3 is 0 Å². The Labute approximate surface area is 279 Å². The number of amides is 2. The quantitative estimate of drug-likeness (QED) is 0.260. The molecule has 0 bridgehead atoms. The number of β-amino-alcohol motifs (C(OH)–C–C–N with tert-alkyl or cyclic N) is 1. The fourth-order valence-electron chi connectivity index (χ4n) is 6.92. The minimum Gasteiger partial charge on any atom is -0.392 e. The second-order valence-corrected chi connectivity index (χ2v) is 14.0. The Balaban J connectivity index is 1.30. The first-order valence-corrected chi connectivity index (χ1v) is 17.0. The van der Waals surface area contributed by atoms with Crippen LogP contribution in [0, 0.1) is 5.92 Å². The molecule has 0 saturated carbocycles. The molecule has 3 aromatic rings. The zero-order chi connectivity index (χ0) is 33.4. The molecular formula is C38H51N5O4. The van der Waals surface area contributed by atoms with Crippen molar-refractivity contribution in [2.45, 2.75) is 83.3 Å². The lowest BCUT2D eigenvalue weighted by molar-refractivity contribution is -0.132. The van der Waals surface area contributed by atoms with Gasteiger partial charge in [-0.05, 0) is 68.9 Å². The summed E-state index contributed by atoms with van der Waals surface area (Å²) in [5.41, 5.74) is 4.04. The predicted molar refractivity (Wildman–Crippen MR) is 183 cm³/mol. The number of pyridine rings is 1. The van der Waals surface area contributed by atoms with Gasteiger partial charge in [-0.15, -0.1) is 0 Å². The number of fused-ring (bicyclic) bond motifs is 1. The van der Waals surface area contributed by atoms with E-state index in [-0.39, 0.29) is 35.9 Å². The number of carbonyl (C=O) groups is 2. The standard InChI is InChI=1S/C38H51N5O4/c1-5-47-34-22-29-15-9-10-16-32(29)35(34)40-36(45)30(20-27-12-7-6-8-13-27)21-31(44)25-43-19-18-42(24-28-14-11-17-39-23-28)26-33(43)37(46)41-38(2,3)4/h6-17,23,30-31,33-35,44H,5,18-22,24-26H2,1-4H3,(H,40,45)(H,41,46)/t30-,31+,33+,34-,35+/m1/s1. The minimum atomic E-state index is -0.803. The summed E-state index contributed by atoms with van der Waals surface area (Å²) in [5.74, 6) is -0.611. The van der Waals surface area contributed by atoms with Crippen molar-refractivity contribution in [3.05, 3.63) is 101 Å². The Kier molecular flexibility index (Phi) is 11.8. The molecule has 9 nitrogen and oxygen atoms in total. The van der Waals surface area contributed by atoms with Gasteiger partial charge in [0.2, 0.25) is 11.8 Å². The molecule has 0 radical (unpaired) electrons. The van der Waals surface area contributed by atoms with Crippen LogP contribution in [0.2, 0.25) is 0 Å². The monoisotopic (exact) mass is 641 g/mol. The lowest BCUT2D eigenvalue weighted by Gasteiger charge is -2.42. The van der Waals surface area contributed by atoms with Crippen molar-refractivity contribution in [2.24, 2.45) is 5.92 Å². The summed E-state index contributed by atoms with van der Waals surface area (Å²) in [6.45, 7) is 11.4. The zero-order valence-corrected chi connectivity index (χ0v) is 28.3. The van der Waals surface area contributed by atoms with Crippen LogP contribution in [0.15, 0.2) is 79.1 Å². The Morgan fingerprint density at radius 3 is 2.49 bits per heavy atom. The summed E-state index contributed by atoms with van der Waals surface area (Å²) >= 11 is 0. The summed E-state index contributed by atoms with van der Waals surface area (Å²) in [5, 5.41) is 18.1. The normalized spacial score (nSPS) is 21.5. The summed E-state index contributed by atoms with van der Waals surface area (Å²) in [6, 6.07) is 21.4. The van der Waals surface area contributed by atoms with Crippen LogP contribution in [-0.2, 0) is 33.7 Å². The van der Waals surface area contributed by atoms with Crippen LogP contribution < -0.4 is 10.6 Å². The van der Waals surface area contributed by atoms with Crippen LogP contribution in [0.1, 0.15) is 62.4 Å². The maximum absolute atomic E-state index is 14.1. The van der Waals surface area contributed by atoms with Crippen molar-refractivity contribution in [1.29, 1.82) is 0 Å². The van der Waals surface area contributed by atoms with Gasteiger partial charge in [0.15, 0.2) is 0 Å². The van der Waals surface area contributed by atoms with Crippen molar-refractivity contribution in [3.8, 4) is 0 Å². The maximum Gasteiger partial charge on any atom is 0.239 e. The number of aromatic nitrogens is 1. The van der Waals surface area contributed by atoms with Gasteiger partial charge in [-0.3, -0.25) is 24.4 Å². The van der Waals surface area contributed by atoms with Gasteiger partial charge in [0, 0.05) is 69.6 Å². The van der Waals surface area contributed by atoms with E-state index in [2.05, 4.69) is 37.6 Å². The minimum absolute atomic E-state index is 0.0546. The number of hydrogen-bond acceptors (Lipinski definition) is 7. The first-order chi connectivity index (χ1) is 22.6. The van der Waals surface area contributed by atoms with Gasteiger partial charge in [-0.2, -0.15) is 0 Å². The van der Waals surface area contributed by atoms with Crippen molar-refractivity contribution in [2.75, 3.05) is 32.8 Å². The van der Waals surface area contributed by atoms with Crippen LogP contribution in [-0.4, -0.2) is 88.3 Å². The van der Waals surface area contributed by atoms with Crippen LogP contribution in [0.5, 0.6) is 0 Å². The molecular weight excluding hydrogens is 590 g/mol. The Hall–Kier alpha value is -3.63. The number of ether oxygens (including phenoxy) is 1. The molecule has 2 aliphatic rings. The van der Waals surface area contributed by atoms with Crippen LogP contribution >= 0.6 is 0 Å². The lowest BCUT2D eigenvalue weighted by atomic mass is 9.91. The molecule has 2 amide bonds. The third-order valence-corrected chi connectivity index (χ3v) is 9.06. The van der Waals surface area contributed by atoms with Crippen molar-refractivity contribution < 1.29 is 19.4 Å². The van der Waals surface area contributed by atoms with Crippen molar-refractivity contribution >= 4 is 11.8 Å². The number of hydrogen-bond donors (Lipinski definition) is 3. The van der Waals surface area contributed by atoms with Crippen molar-refractivity contribution in [1.82, 2.24) is 25.4 Å². The van der Waals surface area contributed by atoms with Gasteiger partial charge in [0.05, 0.1) is 18.2 Å². The number of nitrogens with one attached hydrogen (secondary N) is 2. The number of nitrogens with zero attached hydrogens (tertiary/aromatic N) is 3. The van der Waals surface area contributed by atoms with E-state index in [9.17, 15) is 14.7 Å². The van der Waals surface area contributed by atoms with E-state index in [0.717, 1.165) is 29.7 Å². The van der Waals surface area contributed by atoms with E-state index in [4.69, 9.17) is 4.74 Å². The number of rotatable bonds is 13. The number of benzene rings is 2. The van der Waals surface area contributed by atoms with E-state index < -0.39 is 18.1 Å². The molecule has 0 spiro atoms. The molecule has 3 N–H and O–H groups in total. The fourth-order valence-corrected chi connectivity index (χ4v) is 6.92. The van der Waals surface area contributed by atoms with E-state index >= 15 is 0 Å². The average Bonchev–Trinajstić information content (AvgIpc) is 3.38. The lowest BCUT2D eigenvalue weighted by Crippen LogP contribution is -2.61. The fraction of sp³-hybridized carbons (Fsp3) is 0.500. The van der Waals surface area contributed by atoms with E-state index in [1.807, 2.05) is 88.5 Å². The van der Waals surface area contributed by atoms with Crippen LogP contribution in [0.4, 0.5) is 0 Å². The zero-order valence-electron chi connectivity index (χ0n) is 28.3. The molecule has 1 aliphatic carbocycles. The molecule has 1 saturated heterocycles. The van der Waals surface area contributed by atoms with Gasteiger partial charge in [0.1, 0.15) is 6.04 Å². The van der Waals surface area contributed by atoms with Crippen molar-refractivity contribution in [3.63, 3.8) is 0 Å². The van der Waals surface area contributed by atoms with E-state index in [1.54, 1.807) is 6.20 Å². The molecule has 5 atom stereocenters. The highest BCUT2D eigenvalue weighted by atomic mass is 16.5. The maximum atomic E-state index is 14.1. The third-order valence-electron chi connectivity index (χ3n) is 9.06. The SMILES string of the molecule is CCO[C@@H]1Cc2ccccc2[C@@H]1NC(=O)[C@H](Cc1ccccc1)C[C@H](O)CN1CCN(Cc2cccnc2)C[C@H]1C(=O)NC(C)(C)C. The highest BCUT2D eigenvalue weighted by molar-refractivity contribution is 5.83. The second kappa shape index (κ2) is 16.0. The Morgan fingerprint density at radius 1 is 1.02 bits per heavy atom. The smallest absolute Gasteiger partial charge is 0.239 e. The predicted octanol–water partition coefficient (Wildman–Crippen LogP) is 3.91. The Morgan fingerprint density at radius 2 is 1.77 bits per heavy atom. The highest BCUT2D eigenvalue weighted by Gasteiger charge is 2.38. The van der Waals surface area contributed by atoms with E-state index in [1.165, 1.54) is 5.56 Å². The molecule has 1 aromatic heterocycles. The molecule has 2 aromatic carbocycles. The van der Waals surface area contributed by atoms with Gasteiger partial charge in [-0.1, -0.05) is 60.7 Å². The topological polar surface area (TPSA) is 107 Å². The molecule has 47 heavy (non-hydrogen) atoms. The molecule has 1 fully saturated rings. The highest BCUT2D eigenvalue weighted by Crippen LogP contribution is 2.34. The first kappa shape index (κ1) is 34.7. The number of carbonyl (C=O) groups excluding carboxylic acids is 2. The number of piperazine rings is 1. The third kappa shape index (κ3) is 9.70. The molecule has 1 aliphatic heterocycles. The summed E-state index contributed by atoms with van der Waals surface area (Å²) in [7, 11) is 0. The van der Waals surface area contributed by atoms with Gasteiger partial charge < -0.3 is 20.5 Å². The average molecular weight is 642 g/mol. The first-order valence-electron chi connectivity index (χ1n) is 17.0.